The van der Waals surface area contributed by atoms with Crippen LogP contribution in [0, 0.1) is 11.3 Å². The Kier molecular flexibility index (Phi) is 5.60. The second kappa shape index (κ2) is 8.50. The fourth-order valence-electron chi connectivity index (χ4n) is 4.54. The third-order valence-electron chi connectivity index (χ3n) is 6.14. The summed E-state index contributed by atoms with van der Waals surface area (Å²) in [5, 5.41) is 20.5. The summed E-state index contributed by atoms with van der Waals surface area (Å²) in [4.78, 5) is 15.0. The second-order valence-corrected chi connectivity index (χ2v) is 8.20. The highest BCUT2D eigenvalue weighted by Gasteiger charge is 2.56. The van der Waals surface area contributed by atoms with Crippen molar-refractivity contribution >= 4 is 17.3 Å². The number of benzene rings is 3. The number of aliphatic hydroxyl groups excluding tert-OH is 1. The van der Waals surface area contributed by atoms with Gasteiger partial charge in [0.25, 0.3) is 11.7 Å². The number of nitriles is 1. The number of nitrogens with zero attached hydrogens (tertiary/aromatic N) is 2. The van der Waals surface area contributed by atoms with Crippen molar-refractivity contribution in [2.24, 2.45) is 0 Å². The topological polar surface area (TPSA) is 82.8 Å². The van der Waals surface area contributed by atoms with Gasteiger partial charge in [-0.15, -0.1) is 0 Å². The van der Waals surface area contributed by atoms with Crippen LogP contribution in [0.1, 0.15) is 40.3 Å². The minimum atomic E-state index is -4.65. The van der Waals surface area contributed by atoms with Crippen LogP contribution in [0.5, 0.6) is 0 Å². The molecule has 5 rings (SSSR count). The maximum atomic E-state index is 13.7. The highest BCUT2D eigenvalue weighted by molar-refractivity contribution is 6.12. The van der Waals surface area contributed by atoms with Crippen molar-refractivity contribution in [1.29, 1.82) is 5.26 Å². The van der Waals surface area contributed by atoms with Gasteiger partial charge < -0.3 is 14.6 Å². The Morgan fingerprint density at radius 2 is 1.69 bits per heavy atom. The van der Waals surface area contributed by atoms with E-state index in [1.807, 2.05) is 0 Å². The lowest BCUT2D eigenvalue weighted by molar-refractivity contribution is -0.256. The fourth-order valence-corrected chi connectivity index (χ4v) is 4.54. The van der Waals surface area contributed by atoms with Crippen molar-refractivity contribution in [3.63, 3.8) is 0 Å². The van der Waals surface area contributed by atoms with Crippen LogP contribution in [0.25, 0.3) is 0 Å². The van der Waals surface area contributed by atoms with Crippen LogP contribution < -0.4 is 4.90 Å². The molecule has 0 bridgehead atoms. The monoisotopic (exact) mass is 480 g/mol. The molecule has 1 atom stereocenters. The Balaban J connectivity index is 1.66. The van der Waals surface area contributed by atoms with Gasteiger partial charge in [-0.25, -0.2) is 0 Å². The standard InChI is InChI=1S/C26H19F3N2O4/c27-26(28,29)19-8-3-2-7-18(19)23(32)16-10-11-22-20(14-16)25(34-12-5-13-35-25)24(33)31(22)21-9-4-1-6-17(21)15-30/h1-4,6-11,14,23,32H,5,12-13H2/t23-/m1/s1. The molecule has 0 aromatic heterocycles. The second-order valence-electron chi connectivity index (χ2n) is 8.20. The quantitative estimate of drug-likeness (QED) is 0.575. The molecular formula is C26H19F3N2O4. The Bertz CT molecular complexity index is 1340. The Labute approximate surface area is 198 Å². The van der Waals surface area contributed by atoms with Gasteiger partial charge in [-0.1, -0.05) is 36.4 Å². The van der Waals surface area contributed by atoms with E-state index >= 15 is 0 Å². The average Bonchev–Trinajstić information content (AvgIpc) is 3.10. The molecule has 9 heteroatoms. The number of amides is 1. The van der Waals surface area contributed by atoms with E-state index in [-0.39, 0.29) is 35.5 Å². The zero-order valence-corrected chi connectivity index (χ0v) is 18.2. The van der Waals surface area contributed by atoms with E-state index in [2.05, 4.69) is 6.07 Å². The zero-order chi connectivity index (χ0) is 24.8. The molecule has 2 aliphatic rings. The largest absolute Gasteiger partial charge is 0.416 e. The number of hydrogen-bond donors (Lipinski definition) is 1. The predicted molar refractivity (Wildman–Crippen MR) is 118 cm³/mol. The lowest BCUT2D eigenvalue weighted by Crippen LogP contribution is -2.46. The molecule has 0 unspecified atom stereocenters. The summed E-state index contributed by atoms with van der Waals surface area (Å²) in [6.45, 7) is 0.450. The Morgan fingerprint density at radius 3 is 2.40 bits per heavy atom. The summed E-state index contributed by atoms with van der Waals surface area (Å²) in [5.41, 5.74) is 0.0787. The molecule has 178 valence electrons. The highest BCUT2D eigenvalue weighted by Crippen LogP contribution is 2.50. The van der Waals surface area contributed by atoms with Crippen molar-refractivity contribution in [2.45, 2.75) is 24.5 Å². The molecule has 1 saturated heterocycles. The molecule has 1 amide bonds. The van der Waals surface area contributed by atoms with E-state index in [9.17, 15) is 28.3 Å². The van der Waals surface area contributed by atoms with E-state index in [1.54, 1.807) is 24.3 Å². The number of fused-ring (bicyclic) bond motifs is 2. The number of carbonyl (C=O) groups excluding carboxylic acids is 1. The molecule has 1 N–H and O–H groups in total. The number of alkyl halides is 3. The first-order valence-corrected chi connectivity index (χ1v) is 10.9. The molecule has 2 heterocycles. The van der Waals surface area contributed by atoms with Crippen LogP contribution >= 0.6 is 0 Å². The van der Waals surface area contributed by atoms with Gasteiger partial charge in [-0.3, -0.25) is 9.69 Å². The van der Waals surface area contributed by atoms with Gasteiger partial charge >= 0.3 is 6.18 Å². The molecule has 6 nitrogen and oxygen atoms in total. The lowest BCUT2D eigenvalue weighted by Gasteiger charge is -2.32. The number of para-hydroxylation sites is 1. The maximum absolute atomic E-state index is 13.7. The third-order valence-corrected chi connectivity index (χ3v) is 6.14. The first kappa shape index (κ1) is 23.1. The zero-order valence-electron chi connectivity index (χ0n) is 18.2. The van der Waals surface area contributed by atoms with Crippen LogP contribution in [0.15, 0.2) is 66.7 Å². The maximum Gasteiger partial charge on any atom is 0.416 e. The first-order chi connectivity index (χ1) is 16.8. The van der Waals surface area contributed by atoms with Gasteiger partial charge in [0.05, 0.1) is 35.7 Å². The lowest BCUT2D eigenvalue weighted by atomic mass is 9.93. The molecule has 0 radical (unpaired) electrons. The molecule has 35 heavy (non-hydrogen) atoms. The Morgan fingerprint density at radius 1 is 1.00 bits per heavy atom. The van der Waals surface area contributed by atoms with Crippen molar-refractivity contribution in [2.75, 3.05) is 18.1 Å². The van der Waals surface area contributed by atoms with E-state index in [4.69, 9.17) is 9.47 Å². The number of anilines is 2. The van der Waals surface area contributed by atoms with E-state index in [1.165, 1.54) is 41.3 Å². The number of ether oxygens (including phenoxy) is 2. The minimum absolute atomic E-state index is 0.140. The highest BCUT2D eigenvalue weighted by atomic mass is 19.4. The van der Waals surface area contributed by atoms with E-state index in [0.29, 0.717) is 17.8 Å². The van der Waals surface area contributed by atoms with Crippen LogP contribution in [0.3, 0.4) is 0 Å². The van der Waals surface area contributed by atoms with Crippen LogP contribution in [-0.4, -0.2) is 24.2 Å². The summed E-state index contributed by atoms with van der Waals surface area (Å²) in [6, 6.07) is 17.8. The number of aliphatic hydroxyl groups is 1. The smallest absolute Gasteiger partial charge is 0.384 e. The van der Waals surface area contributed by atoms with Gasteiger partial charge in [0.2, 0.25) is 0 Å². The van der Waals surface area contributed by atoms with Crippen molar-refractivity contribution in [3.8, 4) is 6.07 Å². The molecule has 3 aromatic rings. The molecule has 0 saturated carbocycles. The summed E-state index contributed by atoms with van der Waals surface area (Å²) < 4.78 is 52.4. The number of rotatable bonds is 3. The summed E-state index contributed by atoms with van der Waals surface area (Å²) in [7, 11) is 0. The van der Waals surface area contributed by atoms with Crippen LogP contribution in [-0.2, 0) is 26.2 Å². The minimum Gasteiger partial charge on any atom is -0.384 e. The molecule has 1 fully saturated rings. The summed E-state index contributed by atoms with van der Waals surface area (Å²) in [5.74, 6) is -2.40. The Hall–Kier alpha value is -3.71. The average molecular weight is 480 g/mol. The molecule has 1 spiro atoms. The summed E-state index contributed by atoms with van der Waals surface area (Å²) in [6.07, 6.45) is -5.71. The van der Waals surface area contributed by atoms with E-state index in [0.717, 1.165) is 6.07 Å². The normalized spacial score (nSPS) is 17.8. The number of halogens is 3. The number of carbonyl (C=O) groups is 1. The molecule has 0 aliphatic carbocycles. The first-order valence-electron chi connectivity index (χ1n) is 10.9. The van der Waals surface area contributed by atoms with Crippen LogP contribution in [0.2, 0.25) is 0 Å². The van der Waals surface area contributed by atoms with Crippen molar-refractivity contribution in [3.05, 3.63) is 94.5 Å². The van der Waals surface area contributed by atoms with Gasteiger partial charge in [0.1, 0.15) is 12.2 Å². The molecular weight excluding hydrogens is 461 g/mol. The van der Waals surface area contributed by atoms with Gasteiger partial charge in [0.15, 0.2) is 0 Å². The van der Waals surface area contributed by atoms with Crippen molar-refractivity contribution < 1.29 is 32.5 Å². The van der Waals surface area contributed by atoms with Gasteiger partial charge in [-0.05, 0) is 47.9 Å². The third kappa shape index (κ3) is 3.67. The predicted octanol–water partition coefficient (Wildman–Crippen LogP) is 4.93. The van der Waals surface area contributed by atoms with Crippen LogP contribution in [0.4, 0.5) is 24.5 Å². The van der Waals surface area contributed by atoms with Gasteiger partial charge in [0, 0.05) is 5.56 Å². The molecule has 2 aliphatic heterocycles. The SMILES string of the molecule is N#Cc1ccccc1N1C(=O)C2(OCCCO2)c2cc([C@@H](O)c3ccccc3C(F)(F)F)ccc21. The number of hydrogen-bond acceptors (Lipinski definition) is 5. The van der Waals surface area contributed by atoms with Gasteiger partial charge in [-0.2, -0.15) is 18.4 Å². The van der Waals surface area contributed by atoms with E-state index < -0.39 is 29.5 Å². The van der Waals surface area contributed by atoms with Crippen molar-refractivity contribution in [1.82, 2.24) is 0 Å². The fraction of sp³-hybridized carbons (Fsp3) is 0.231. The summed E-state index contributed by atoms with van der Waals surface area (Å²) >= 11 is 0. The molecule has 3 aromatic carbocycles.